The minimum absolute atomic E-state index is 0.0935. The zero-order chi connectivity index (χ0) is 18.0. The van der Waals surface area contributed by atoms with Gasteiger partial charge in [0.15, 0.2) is 0 Å². The predicted octanol–water partition coefficient (Wildman–Crippen LogP) is 3.71. The number of carbonyl (C=O) groups is 2. The molecule has 0 bridgehead atoms. The van der Waals surface area contributed by atoms with Crippen LogP contribution in [0.25, 0.3) is 0 Å². The van der Waals surface area contributed by atoms with E-state index in [1.165, 1.54) is 6.08 Å². The molecular weight excluding hydrogens is 359 g/mol. The van der Waals surface area contributed by atoms with Gasteiger partial charge in [-0.3, -0.25) is 9.59 Å². The second kappa shape index (κ2) is 7.38. The number of carbonyl (C=O) groups excluding carboxylic acids is 2. The monoisotopic (exact) mass is 380 g/mol. The zero-order valence-corrected chi connectivity index (χ0v) is 15.6. The van der Waals surface area contributed by atoms with Gasteiger partial charge in [-0.1, -0.05) is 42.3 Å². The molecule has 0 radical (unpaired) electrons. The summed E-state index contributed by atoms with van der Waals surface area (Å²) in [7, 11) is 0. The maximum Gasteiger partial charge on any atom is 0.246 e. The van der Waals surface area contributed by atoms with E-state index in [0.29, 0.717) is 29.6 Å². The summed E-state index contributed by atoms with van der Waals surface area (Å²) in [6.07, 6.45) is 5.88. The van der Waals surface area contributed by atoms with Crippen molar-refractivity contribution in [2.45, 2.75) is 43.6 Å². The van der Waals surface area contributed by atoms with Crippen LogP contribution >= 0.6 is 23.2 Å². The number of hydrogen-bond donors (Lipinski definition) is 1. The van der Waals surface area contributed by atoms with Gasteiger partial charge >= 0.3 is 0 Å². The van der Waals surface area contributed by atoms with Gasteiger partial charge in [0.25, 0.3) is 0 Å². The first-order valence-electron chi connectivity index (χ1n) is 8.63. The van der Waals surface area contributed by atoms with Crippen LogP contribution in [0.5, 0.6) is 0 Å². The van der Waals surface area contributed by atoms with Crippen molar-refractivity contribution in [2.75, 3.05) is 13.1 Å². The molecule has 25 heavy (non-hydrogen) atoms. The first-order valence-corrected chi connectivity index (χ1v) is 9.39. The normalized spacial score (nSPS) is 21.5. The van der Waals surface area contributed by atoms with Crippen LogP contribution in [0.4, 0.5) is 0 Å². The van der Waals surface area contributed by atoms with Gasteiger partial charge in [0.1, 0.15) is 6.04 Å². The molecular formula is C19H22Cl2N2O2. The highest BCUT2D eigenvalue weighted by Crippen LogP contribution is 2.46. The molecule has 2 fully saturated rings. The number of benzene rings is 1. The quantitative estimate of drug-likeness (QED) is 0.791. The fourth-order valence-corrected chi connectivity index (χ4v) is 4.47. The van der Waals surface area contributed by atoms with Crippen molar-refractivity contribution >= 4 is 35.0 Å². The van der Waals surface area contributed by atoms with Gasteiger partial charge in [0.2, 0.25) is 11.8 Å². The molecule has 1 saturated carbocycles. The maximum atomic E-state index is 12.6. The molecule has 1 saturated heterocycles. The zero-order valence-electron chi connectivity index (χ0n) is 14.1. The molecule has 1 N–H and O–H groups in total. The molecule has 2 aliphatic rings. The Morgan fingerprint density at radius 2 is 2.08 bits per heavy atom. The van der Waals surface area contributed by atoms with Crippen molar-refractivity contribution in [3.8, 4) is 0 Å². The molecule has 6 heteroatoms. The third-order valence-corrected chi connectivity index (χ3v) is 5.98. The van der Waals surface area contributed by atoms with Gasteiger partial charge < -0.3 is 10.2 Å². The fraction of sp³-hybridized carbons (Fsp3) is 0.474. The summed E-state index contributed by atoms with van der Waals surface area (Å²) < 4.78 is 0. The highest BCUT2D eigenvalue weighted by molar-refractivity contribution is 6.35. The van der Waals surface area contributed by atoms with Crippen LogP contribution in [0, 0.1) is 0 Å². The maximum absolute atomic E-state index is 12.6. The van der Waals surface area contributed by atoms with Crippen molar-refractivity contribution in [3.63, 3.8) is 0 Å². The molecule has 1 unspecified atom stereocenters. The third kappa shape index (κ3) is 3.56. The Hall–Kier alpha value is -1.52. The molecule has 4 nitrogen and oxygen atoms in total. The molecule has 1 aliphatic carbocycles. The fourth-order valence-electron chi connectivity index (χ4n) is 3.86. The minimum atomic E-state index is -0.400. The van der Waals surface area contributed by atoms with Crippen LogP contribution in [0.2, 0.25) is 10.0 Å². The smallest absolute Gasteiger partial charge is 0.246 e. The number of nitrogens with one attached hydrogen (secondary N) is 1. The minimum Gasteiger partial charge on any atom is -0.353 e. The first-order chi connectivity index (χ1) is 12.0. The van der Waals surface area contributed by atoms with E-state index in [0.717, 1.165) is 31.2 Å². The predicted molar refractivity (Wildman–Crippen MR) is 99.9 cm³/mol. The van der Waals surface area contributed by atoms with Crippen molar-refractivity contribution in [1.29, 1.82) is 0 Å². The van der Waals surface area contributed by atoms with Crippen molar-refractivity contribution in [3.05, 3.63) is 46.5 Å². The van der Waals surface area contributed by atoms with Crippen LogP contribution in [0.1, 0.15) is 37.7 Å². The second-order valence-corrected chi connectivity index (χ2v) is 7.71. The van der Waals surface area contributed by atoms with Gasteiger partial charge in [-0.25, -0.2) is 0 Å². The Bertz CT molecular complexity index is 701. The van der Waals surface area contributed by atoms with E-state index in [4.69, 9.17) is 23.2 Å². The molecule has 3 rings (SSSR count). The highest BCUT2D eigenvalue weighted by Gasteiger charge is 2.41. The molecule has 1 heterocycles. The van der Waals surface area contributed by atoms with Crippen LogP contribution in [-0.4, -0.2) is 35.8 Å². The Kier molecular flexibility index (Phi) is 5.40. The third-order valence-electron chi connectivity index (χ3n) is 5.43. The van der Waals surface area contributed by atoms with E-state index in [2.05, 4.69) is 11.9 Å². The molecule has 134 valence electrons. The standard InChI is InChI=1S/C19H22Cl2N2O2/c1-2-17(24)23-10-3-5-16(23)18(25)22-12-19(8-4-9-19)14-7-6-13(20)11-15(14)21/h2,6-7,11,16H,1,3-5,8-10,12H2,(H,22,25). The van der Waals surface area contributed by atoms with Gasteiger partial charge in [0.05, 0.1) is 0 Å². The second-order valence-electron chi connectivity index (χ2n) is 6.87. The molecule has 1 aromatic rings. The molecule has 2 amide bonds. The van der Waals surface area contributed by atoms with Crippen molar-refractivity contribution in [2.24, 2.45) is 0 Å². The van der Waals surface area contributed by atoms with Crippen molar-refractivity contribution < 1.29 is 9.59 Å². The Labute approximate surface area is 158 Å². The lowest BCUT2D eigenvalue weighted by Gasteiger charge is -2.43. The largest absolute Gasteiger partial charge is 0.353 e. The van der Waals surface area contributed by atoms with Gasteiger partial charge in [-0.15, -0.1) is 0 Å². The number of halogens is 2. The molecule has 1 atom stereocenters. The number of hydrogen-bond acceptors (Lipinski definition) is 2. The first kappa shape index (κ1) is 18.3. The van der Waals surface area contributed by atoms with Crippen LogP contribution in [0.15, 0.2) is 30.9 Å². The average Bonchev–Trinajstić information content (AvgIpc) is 3.04. The lowest BCUT2D eigenvalue weighted by atomic mass is 9.64. The van der Waals surface area contributed by atoms with Gasteiger partial charge in [0, 0.05) is 28.5 Å². The molecule has 1 aliphatic heterocycles. The van der Waals surface area contributed by atoms with E-state index in [1.54, 1.807) is 11.0 Å². The summed E-state index contributed by atoms with van der Waals surface area (Å²) in [5, 5.41) is 4.31. The average molecular weight is 381 g/mol. The summed E-state index contributed by atoms with van der Waals surface area (Å²) >= 11 is 12.4. The number of rotatable bonds is 5. The van der Waals surface area contributed by atoms with Gasteiger partial charge in [-0.2, -0.15) is 0 Å². The lowest BCUT2D eigenvalue weighted by Crippen LogP contribution is -2.51. The summed E-state index contributed by atoms with van der Waals surface area (Å²) in [5.41, 5.74) is 0.902. The van der Waals surface area contributed by atoms with E-state index >= 15 is 0 Å². The lowest BCUT2D eigenvalue weighted by molar-refractivity contribution is -0.135. The summed E-state index contributed by atoms with van der Waals surface area (Å²) in [6.45, 7) is 4.65. The van der Waals surface area contributed by atoms with Crippen LogP contribution in [-0.2, 0) is 15.0 Å². The number of likely N-dealkylation sites (tertiary alicyclic amines) is 1. The Morgan fingerprint density at radius 3 is 2.68 bits per heavy atom. The topological polar surface area (TPSA) is 49.4 Å². The number of nitrogens with zero attached hydrogens (tertiary/aromatic N) is 1. The van der Waals surface area contributed by atoms with Crippen molar-refractivity contribution in [1.82, 2.24) is 10.2 Å². The molecule has 1 aromatic carbocycles. The van der Waals surface area contributed by atoms with E-state index < -0.39 is 6.04 Å². The van der Waals surface area contributed by atoms with E-state index in [-0.39, 0.29) is 17.2 Å². The number of amides is 2. The SMILES string of the molecule is C=CC(=O)N1CCCC1C(=O)NCC1(c2ccc(Cl)cc2Cl)CCC1. The summed E-state index contributed by atoms with van der Waals surface area (Å²) in [5.74, 6) is -0.277. The summed E-state index contributed by atoms with van der Waals surface area (Å²) in [6, 6.07) is 5.15. The summed E-state index contributed by atoms with van der Waals surface area (Å²) in [4.78, 5) is 26.1. The van der Waals surface area contributed by atoms with E-state index in [1.807, 2.05) is 12.1 Å². The Balaban J connectivity index is 1.70. The van der Waals surface area contributed by atoms with Crippen LogP contribution in [0.3, 0.4) is 0 Å². The van der Waals surface area contributed by atoms with Gasteiger partial charge in [-0.05, 0) is 49.5 Å². The highest BCUT2D eigenvalue weighted by atomic mass is 35.5. The molecule has 0 aromatic heterocycles. The molecule has 0 spiro atoms. The van der Waals surface area contributed by atoms with Crippen LogP contribution < -0.4 is 5.32 Å². The van der Waals surface area contributed by atoms with E-state index in [9.17, 15) is 9.59 Å². The Morgan fingerprint density at radius 1 is 1.32 bits per heavy atom.